The number of benzene rings is 2. The fraction of sp³-hybridized carbons (Fsp3) is 0.184. The van der Waals surface area contributed by atoms with Crippen LogP contribution in [-0.2, 0) is 19.3 Å². The van der Waals surface area contributed by atoms with E-state index in [9.17, 15) is 0 Å². The Kier molecular flexibility index (Phi) is 8.14. The van der Waals surface area contributed by atoms with Gasteiger partial charge < -0.3 is 10.3 Å². The van der Waals surface area contributed by atoms with Crippen LogP contribution >= 0.6 is 0 Å². The van der Waals surface area contributed by atoms with E-state index in [1.54, 1.807) is 0 Å². The summed E-state index contributed by atoms with van der Waals surface area (Å²) in [5.74, 6) is 0. The summed E-state index contributed by atoms with van der Waals surface area (Å²) in [7, 11) is 1.90. The van der Waals surface area contributed by atoms with Crippen molar-refractivity contribution >= 4 is 22.3 Å². The second-order valence-corrected chi connectivity index (χ2v) is 11.1. The number of aromatic amines is 1. The topological polar surface area (TPSA) is 66.5 Å². The fourth-order valence-corrected chi connectivity index (χ4v) is 5.77. The first-order chi connectivity index (χ1) is 21.0. The van der Waals surface area contributed by atoms with Crippen molar-refractivity contribution in [2.75, 3.05) is 12.4 Å². The molecule has 0 radical (unpaired) electrons. The summed E-state index contributed by atoms with van der Waals surface area (Å²) in [5, 5.41) is 4.35. The third kappa shape index (κ3) is 5.98. The number of fused-ring (bicyclic) bond motifs is 2. The first-order valence-corrected chi connectivity index (χ1v) is 15.0. The average Bonchev–Trinajstić information content (AvgIpc) is 3.72. The van der Waals surface area contributed by atoms with E-state index >= 15 is 0 Å². The van der Waals surface area contributed by atoms with Gasteiger partial charge in [-0.2, -0.15) is 0 Å². The number of nitrogens with zero attached hydrogens (tertiary/aromatic N) is 3. The van der Waals surface area contributed by atoms with Crippen LogP contribution in [0.5, 0.6) is 0 Å². The maximum atomic E-state index is 4.98. The molecule has 214 valence electrons. The minimum atomic E-state index is 0.803. The van der Waals surface area contributed by atoms with Gasteiger partial charge in [0.25, 0.3) is 0 Å². The molecule has 1 aliphatic rings. The van der Waals surface area contributed by atoms with Gasteiger partial charge in [0, 0.05) is 47.9 Å². The molecule has 5 heteroatoms. The first kappa shape index (κ1) is 28.1. The summed E-state index contributed by atoms with van der Waals surface area (Å²) < 4.78 is 0. The summed E-state index contributed by atoms with van der Waals surface area (Å²) in [6.07, 6.45) is 10.3. The predicted octanol–water partition coefficient (Wildman–Crippen LogP) is 8.84. The van der Waals surface area contributed by atoms with Crippen LogP contribution in [0, 0.1) is 6.92 Å². The van der Waals surface area contributed by atoms with Crippen LogP contribution in [-0.4, -0.2) is 27.0 Å². The van der Waals surface area contributed by atoms with Gasteiger partial charge in [-0.3, -0.25) is 4.98 Å². The molecule has 1 aliphatic carbocycles. The molecule has 0 unspecified atom stereocenters. The monoisotopic (exact) mass is 563 g/mol. The third-order valence-corrected chi connectivity index (χ3v) is 8.14. The molecule has 0 aliphatic heterocycles. The van der Waals surface area contributed by atoms with Crippen molar-refractivity contribution < 1.29 is 0 Å². The number of hydrogen-bond donors (Lipinski definition) is 2. The lowest BCUT2D eigenvalue weighted by Gasteiger charge is -2.12. The standard InChI is InChI=1S/C30H27N5.C8H10/c1-18-13-23(17-32-16-18)26-9-10-27(31-3)29(34-26)19(2)28-15-25-24(11-12-33-30(25)35-28)22-8-7-20-5-4-6-21(20)14-22;1-2-8-6-4-3-5-7-8/h7-17,31H,2,4-6H2,1,3H3,(H,33,35);3-7H,2H2,1H3. The van der Waals surface area contributed by atoms with E-state index in [1.807, 2.05) is 50.8 Å². The highest BCUT2D eigenvalue weighted by molar-refractivity contribution is 5.97. The fourth-order valence-electron chi connectivity index (χ4n) is 5.77. The van der Waals surface area contributed by atoms with Crippen LogP contribution in [0.15, 0.2) is 104 Å². The summed E-state index contributed by atoms with van der Waals surface area (Å²) >= 11 is 0. The van der Waals surface area contributed by atoms with Gasteiger partial charge in [0.15, 0.2) is 0 Å². The normalized spacial score (nSPS) is 12.0. The Bertz CT molecular complexity index is 1900. The van der Waals surface area contributed by atoms with E-state index < -0.39 is 0 Å². The SMILES string of the molecule is C=C(c1cc2c(-c3ccc4c(c3)CCC4)ccnc2[nH]1)c1nc(-c2cncc(C)c2)ccc1NC.CCc1ccccc1. The molecule has 4 heterocycles. The molecule has 0 saturated heterocycles. The molecule has 0 fully saturated rings. The summed E-state index contributed by atoms with van der Waals surface area (Å²) in [6, 6.07) is 27.7. The lowest BCUT2D eigenvalue weighted by molar-refractivity contribution is 0.912. The van der Waals surface area contributed by atoms with Crippen LogP contribution in [0.2, 0.25) is 0 Å². The summed E-state index contributed by atoms with van der Waals surface area (Å²) in [6.45, 7) is 8.62. The van der Waals surface area contributed by atoms with Gasteiger partial charge in [-0.15, -0.1) is 0 Å². The van der Waals surface area contributed by atoms with Gasteiger partial charge in [-0.05, 0) is 96.3 Å². The molecular weight excluding hydrogens is 526 g/mol. The zero-order valence-electron chi connectivity index (χ0n) is 25.1. The molecule has 7 rings (SSSR count). The molecule has 0 saturated carbocycles. The number of rotatable bonds is 6. The zero-order valence-corrected chi connectivity index (χ0v) is 25.1. The van der Waals surface area contributed by atoms with Crippen molar-refractivity contribution in [2.45, 2.75) is 39.5 Å². The Morgan fingerprint density at radius 3 is 2.51 bits per heavy atom. The van der Waals surface area contributed by atoms with Crippen molar-refractivity contribution in [3.63, 3.8) is 0 Å². The molecule has 2 N–H and O–H groups in total. The molecule has 2 aromatic carbocycles. The number of H-pyrrole nitrogens is 1. The Morgan fingerprint density at radius 1 is 0.907 bits per heavy atom. The highest BCUT2D eigenvalue weighted by Gasteiger charge is 2.17. The van der Waals surface area contributed by atoms with E-state index in [0.717, 1.165) is 63.3 Å². The van der Waals surface area contributed by atoms with E-state index in [-0.39, 0.29) is 0 Å². The Balaban J connectivity index is 0.000000359. The maximum absolute atomic E-state index is 4.98. The molecule has 6 aromatic rings. The number of pyridine rings is 3. The molecule has 0 spiro atoms. The molecular formula is C38H37N5. The van der Waals surface area contributed by atoms with Gasteiger partial charge in [0.05, 0.1) is 17.1 Å². The quantitative estimate of drug-likeness (QED) is 0.212. The second kappa shape index (κ2) is 12.5. The van der Waals surface area contributed by atoms with Gasteiger partial charge >= 0.3 is 0 Å². The van der Waals surface area contributed by atoms with Crippen LogP contribution in [0.3, 0.4) is 0 Å². The van der Waals surface area contributed by atoms with Crippen molar-refractivity contribution in [2.24, 2.45) is 0 Å². The van der Waals surface area contributed by atoms with E-state index in [1.165, 1.54) is 40.7 Å². The highest BCUT2D eigenvalue weighted by Crippen LogP contribution is 2.35. The van der Waals surface area contributed by atoms with E-state index in [2.05, 4.69) is 94.4 Å². The molecule has 4 aromatic heterocycles. The Hall–Kier alpha value is -5.03. The van der Waals surface area contributed by atoms with Crippen molar-refractivity contribution in [1.29, 1.82) is 0 Å². The number of aryl methyl sites for hydroxylation is 4. The molecule has 5 nitrogen and oxygen atoms in total. The molecule has 0 amide bonds. The number of hydrogen-bond acceptors (Lipinski definition) is 4. The van der Waals surface area contributed by atoms with Crippen LogP contribution in [0.25, 0.3) is 39.0 Å². The van der Waals surface area contributed by atoms with Crippen molar-refractivity contribution in [1.82, 2.24) is 19.9 Å². The van der Waals surface area contributed by atoms with Crippen LogP contribution < -0.4 is 5.32 Å². The summed E-state index contributed by atoms with van der Waals surface area (Å²) in [4.78, 5) is 17.4. The second-order valence-electron chi connectivity index (χ2n) is 11.1. The number of anilines is 1. The molecule has 43 heavy (non-hydrogen) atoms. The number of aromatic nitrogens is 4. The Morgan fingerprint density at radius 2 is 1.74 bits per heavy atom. The van der Waals surface area contributed by atoms with Crippen molar-refractivity contribution in [3.8, 4) is 22.4 Å². The third-order valence-electron chi connectivity index (χ3n) is 8.14. The van der Waals surface area contributed by atoms with Gasteiger partial charge in [0.2, 0.25) is 0 Å². The average molecular weight is 564 g/mol. The minimum absolute atomic E-state index is 0.803. The van der Waals surface area contributed by atoms with Gasteiger partial charge in [0.1, 0.15) is 5.65 Å². The van der Waals surface area contributed by atoms with E-state index in [0.29, 0.717) is 0 Å². The van der Waals surface area contributed by atoms with Crippen molar-refractivity contribution in [3.05, 3.63) is 138 Å². The van der Waals surface area contributed by atoms with Crippen LogP contribution in [0.4, 0.5) is 5.69 Å². The smallest absolute Gasteiger partial charge is 0.138 e. The molecule has 0 atom stereocenters. The predicted molar refractivity (Wildman–Crippen MR) is 179 cm³/mol. The lowest BCUT2D eigenvalue weighted by atomic mass is 9.99. The Labute approximate surface area is 253 Å². The van der Waals surface area contributed by atoms with E-state index in [4.69, 9.17) is 4.98 Å². The lowest BCUT2D eigenvalue weighted by Crippen LogP contribution is -2.00. The van der Waals surface area contributed by atoms with Gasteiger partial charge in [-0.1, -0.05) is 62.0 Å². The zero-order chi connectivity index (χ0) is 29.8. The highest BCUT2D eigenvalue weighted by atomic mass is 14.9. The minimum Gasteiger partial charge on any atom is -0.386 e. The largest absolute Gasteiger partial charge is 0.386 e. The van der Waals surface area contributed by atoms with Gasteiger partial charge in [-0.25, -0.2) is 9.97 Å². The van der Waals surface area contributed by atoms with Crippen LogP contribution in [0.1, 0.15) is 47.0 Å². The summed E-state index contributed by atoms with van der Waals surface area (Å²) in [5.41, 5.74) is 14.0. The number of nitrogens with one attached hydrogen (secondary N) is 2. The molecule has 0 bridgehead atoms. The first-order valence-electron chi connectivity index (χ1n) is 15.0. The maximum Gasteiger partial charge on any atom is 0.138 e.